The highest BCUT2D eigenvalue weighted by Gasteiger charge is 2.49. The van der Waals surface area contributed by atoms with Crippen molar-refractivity contribution in [3.05, 3.63) is 0 Å². The van der Waals surface area contributed by atoms with Crippen molar-refractivity contribution in [2.24, 2.45) is 5.41 Å². The van der Waals surface area contributed by atoms with Gasteiger partial charge >= 0.3 is 0 Å². The largest absolute Gasteiger partial charge is 0.380 e. The third-order valence-electron chi connectivity index (χ3n) is 1.77. The minimum Gasteiger partial charge on any atom is -0.380 e. The van der Waals surface area contributed by atoms with Gasteiger partial charge in [-0.2, -0.15) is 0 Å². The van der Waals surface area contributed by atoms with Crippen LogP contribution >= 0.6 is 0 Å². The lowest BCUT2D eigenvalue weighted by Crippen LogP contribution is -2.28. The first-order valence-electron chi connectivity index (χ1n) is 2.49. The Labute approximate surface area is 37.3 Å². The lowest BCUT2D eigenvalue weighted by Gasteiger charge is -2.24. The summed E-state index contributed by atoms with van der Waals surface area (Å²) in [6.45, 7) is 2.12. The second-order valence-electron chi connectivity index (χ2n) is 2.49. The lowest BCUT2D eigenvalue weighted by molar-refractivity contribution is -0.0493. The minimum atomic E-state index is 0.750. The van der Waals surface area contributed by atoms with E-state index >= 15 is 0 Å². The highest BCUT2D eigenvalue weighted by molar-refractivity contribution is 4.97. The molecule has 1 heteroatoms. The topological polar surface area (TPSA) is 9.23 Å². The molecule has 0 N–H and O–H groups in total. The van der Waals surface area contributed by atoms with Crippen LogP contribution < -0.4 is 0 Å². The normalized spacial score (nSPS) is 36.0. The molecule has 6 heavy (non-hydrogen) atoms. The lowest BCUT2D eigenvalue weighted by atomic mass is 10.1. The van der Waals surface area contributed by atoms with Crippen LogP contribution in [0.4, 0.5) is 0 Å². The summed E-state index contributed by atoms with van der Waals surface area (Å²) in [5, 5.41) is 0. The number of ether oxygens (including phenoxy) is 1. The summed E-state index contributed by atoms with van der Waals surface area (Å²) in [5.41, 5.74) is 0.750. The Balaban J connectivity index is 2.09. The van der Waals surface area contributed by atoms with Gasteiger partial charge < -0.3 is 4.74 Å². The molecular formula is C5H8O. The molecule has 0 aromatic heterocycles. The van der Waals surface area contributed by atoms with Gasteiger partial charge in [-0.1, -0.05) is 0 Å². The van der Waals surface area contributed by atoms with Crippen molar-refractivity contribution >= 4 is 0 Å². The molecule has 0 unspecified atom stereocenters. The molecule has 34 valence electrons. The molecule has 2 aliphatic rings. The predicted octanol–water partition coefficient (Wildman–Crippen LogP) is 0.797. The number of rotatable bonds is 0. The van der Waals surface area contributed by atoms with E-state index in [9.17, 15) is 0 Å². The number of hydrogen-bond acceptors (Lipinski definition) is 1. The van der Waals surface area contributed by atoms with Crippen LogP contribution in [0.3, 0.4) is 0 Å². The highest BCUT2D eigenvalue weighted by Crippen LogP contribution is 2.51. The quantitative estimate of drug-likeness (QED) is 0.421. The van der Waals surface area contributed by atoms with Crippen molar-refractivity contribution in [1.82, 2.24) is 0 Å². The van der Waals surface area contributed by atoms with E-state index in [4.69, 9.17) is 4.74 Å². The van der Waals surface area contributed by atoms with Crippen LogP contribution in [0.25, 0.3) is 0 Å². The molecule has 0 radical (unpaired) electrons. The first kappa shape index (κ1) is 3.03. The van der Waals surface area contributed by atoms with Crippen molar-refractivity contribution in [2.45, 2.75) is 12.8 Å². The van der Waals surface area contributed by atoms with E-state index in [1.54, 1.807) is 0 Å². The van der Waals surface area contributed by atoms with Crippen molar-refractivity contribution < 1.29 is 4.74 Å². The Kier molecular flexibility index (Phi) is 0.327. The van der Waals surface area contributed by atoms with Crippen molar-refractivity contribution in [3.8, 4) is 0 Å². The smallest absolute Gasteiger partial charge is 0.0544 e. The molecule has 1 aliphatic heterocycles. The van der Waals surface area contributed by atoms with Gasteiger partial charge in [0, 0.05) is 5.41 Å². The summed E-state index contributed by atoms with van der Waals surface area (Å²) in [6, 6.07) is 0. The van der Waals surface area contributed by atoms with E-state index < -0.39 is 0 Å². The average molecular weight is 84.1 g/mol. The molecule has 1 aliphatic carbocycles. The van der Waals surface area contributed by atoms with Gasteiger partial charge in [0.15, 0.2) is 0 Å². The maximum absolute atomic E-state index is 5.00. The molecule has 0 atom stereocenters. The third kappa shape index (κ3) is 0.207. The first-order valence-corrected chi connectivity index (χ1v) is 2.49. The fourth-order valence-corrected chi connectivity index (χ4v) is 0.856. The van der Waals surface area contributed by atoms with Crippen LogP contribution in [-0.2, 0) is 4.74 Å². The third-order valence-corrected chi connectivity index (χ3v) is 1.77. The van der Waals surface area contributed by atoms with Gasteiger partial charge in [0.05, 0.1) is 13.2 Å². The molecule has 1 heterocycles. The van der Waals surface area contributed by atoms with E-state index in [0.717, 1.165) is 18.6 Å². The van der Waals surface area contributed by atoms with Crippen molar-refractivity contribution in [1.29, 1.82) is 0 Å². The average Bonchev–Trinajstić information content (AvgIpc) is 2.02. The van der Waals surface area contributed by atoms with Gasteiger partial charge in [0.25, 0.3) is 0 Å². The van der Waals surface area contributed by atoms with E-state index in [0.29, 0.717) is 0 Å². The van der Waals surface area contributed by atoms with E-state index in [-0.39, 0.29) is 0 Å². The molecule has 0 aromatic rings. The summed E-state index contributed by atoms with van der Waals surface area (Å²) in [5.74, 6) is 0. The highest BCUT2D eigenvalue weighted by atomic mass is 16.5. The summed E-state index contributed by atoms with van der Waals surface area (Å²) >= 11 is 0. The zero-order valence-corrected chi connectivity index (χ0v) is 3.74. The molecule has 2 fully saturated rings. The van der Waals surface area contributed by atoms with Crippen LogP contribution in [0.2, 0.25) is 0 Å². The molecular weight excluding hydrogens is 76.1 g/mol. The Morgan fingerprint density at radius 3 is 1.83 bits per heavy atom. The second kappa shape index (κ2) is 0.648. The monoisotopic (exact) mass is 84.1 g/mol. The van der Waals surface area contributed by atoms with Gasteiger partial charge in [-0.05, 0) is 12.8 Å². The SMILES string of the molecule is C1CC12COC2. The minimum absolute atomic E-state index is 0.750. The summed E-state index contributed by atoms with van der Waals surface area (Å²) < 4.78 is 5.00. The van der Waals surface area contributed by atoms with E-state index in [1.807, 2.05) is 0 Å². The van der Waals surface area contributed by atoms with Gasteiger partial charge in [0.2, 0.25) is 0 Å². The molecule has 0 aromatic carbocycles. The Bertz CT molecular complexity index is 68.0. The zero-order chi connectivity index (χ0) is 4.04. The van der Waals surface area contributed by atoms with Gasteiger partial charge in [-0.25, -0.2) is 0 Å². The summed E-state index contributed by atoms with van der Waals surface area (Å²) in [6.07, 6.45) is 2.88. The van der Waals surface area contributed by atoms with Crippen molar-refractivity contribution in [2.75, 3.05) is 13.2 Å². The van der Waals surface area contributed by atoms with Gasteiger partial charge in [-0.3, -0.25) is 0 Å². The molecule has 0 bridgehead atoms. The standard InChI is InChI=1S/C5H8O/c1-2-5(1)3-6-4-5/h1-4H2. The molecule has 1 saturated carbocycles. The maximum Gasteiger partial charge on any atom is 0.0544 e. The fraction of sp³-hybridized carbons (Fsp3) is 1.00. The van der Waals surface area contributed by atoms with E-state index in [1.165, 1.54) is 12.8 Å². The van der Waals surface area contributed by atoms with Crippen LogP contribution in [0.15, 0.2) is 0 Å². The summed E-state index contributed by atoms with van der Waals surface area (Å²) in [4.78, 5) is 0. The predicted molar refractivity (Wildman–Crippen MR) is 22.5 cm³/mol. The van der Waals surface area contributed by atoms with Crippen LogP contribution in [0.5, 0.6) is 0 Å². The molecule has 2 rings (SSSR count). The van der Waals surface area contributed by atoms with Crippen molar-refractivity contribution in [3.63, 3.8) is 0 Å². The second-order valence-corrected chi connectivity index (χ2v) is 2.49. The fourth-order valence-electron chi connectivity index (χ4n) is 0.856. The molecule has 1 saturated heterocycles. The maximum atomic E-state index is 5.00. The number of hydrogen-bond donors (Lipinski definition) is 0. The summed E-state index contributed by atoms with van der Waals surface area (Å²) in [7, 11) is 0. The molecule has 1 nitrogen and oxygen atoms in total. The van der Waals surface area contributed by atoms with Crippen LogP contribution in [-0.4, -0.2) is 13.2 Å². The van der Waals surface area contributed by atoms with Crippen LogP contribution in [0, 0.1) is 5.41 Å². The Morgan fingerprint density at radius 2 is 1.83 bits per heavy atom. The molecule has 0 amide bonds. The first-order chi connectivity index (χ1) is 2.91. The van der Waals surface area contributed by atoms with Crippen LogP contribution in [0.1, 0.15) is 12.8 Å². The Morgan fingerprint density at radius 1 is 1.17 bits per heavy atom. The van der Waals surface area contributed by atoms with Gasteiger partial charge in [-0.15, -0.1) is 0 Å². The Hall–Kier alpha value is -0.0400. The van der Waals surface area contributed by atoms with E-state index in [2.05, 4.69) is 0 Å². The van der Waals surface area contributed by atoms with Gasteiger partial charge in [0.1, 0.15) is 0 Å². The zero-order valence-electron chi connectivity index (χ0n) is 3.74. The molecule has 1 spiro atoms.